The summed E-state index contributed by atoms with van der Waals surface area (Å²) in [6.07, 6.45) is 5.25. The molecule has 0 spiro atoms. The summed E-state index contributed by atoms with van der Waals surface area (Å²) in [7, 11) is 0. The van der Waals surface area contributed by atoms with Crippen LogP contribution in [0.1, 0.15) is 64.5 Å². The third-order valence-electron chi connectivity index (χ3n) is 4.97. The summed E-state index contributed by atoms with van der Waals surface area (Å²) in [4.78, 5) is 13.1. The zero-order chi connectivity index (χ0) is 19.5. The van der Waals surface area contributed by atoms with Crippen molar-refractivity contribution >= 4 is 11.7 Å². The minimum Gasteiger partial charge on any atom is -0.460 e. The van der Waals surface area contributed by atoms with Gasteiger partial charge in [0, 0.05) is 5.69 Å². The van der Waals surface area contributed by atoms with Crippen LogP contribution in [0.25, 0.3) is 0 Å². The fourth-order valence-electron chi connectivity index (χ4n) is 3.61. The third-order valence-corrected chi connectivity index (χ3v) is 4.97. The standard InChI is InChI=1S/C24H33NO2/c1-4-13-19(14-5-2)22(6-3)27-24(26)23(20-15-9-7-10-16-20)25-21-17-11-8-12-18-21/h7-12,15-19,22-23,25H,4-6,13-14H2,1-3H3/t22-,23?/m1/s1. The first-order valence-electron chi connectivity index (χ1n) is 10.3. The summed E-state index contributed by atoms with van der Waals surface area (Å²) in [5.41, 5.74) is 1.83. The third kappa shape index (κ3) is 6.42. The molecular formula is C24H33NO2. The van der Waals surface area contributed by atoms with Gasteiger partial charge in [0.1, 0.15) is 6.10 Å². The summed E-state index contributed by atoms with van der Waals surface area (Å²) < 4.78 is 6.05. The number of carbonyl (C=O) groups excluding carboxylic acids is 1. The fourth-order valence-corrected chi connectivity index (χ4v) is 3.61. The van der Waals surface area contributed by atoms with E-state index in [4.69, 9.17) is 4.74 Å². The molecule has 2 aromatic rings. The van der Waals surface area contributed by atoms with Gasteiger partial charge in [-0.1, -0.05) is 82.1 Å². The van der Waals surface area contributed by atoms with Crippen LogP contribution < -0.4 is 5.32 Å². The number of para-hydroxylation sites is 1. The van der Waals surface area contributed by atoms with Crippen LogP contribution in [0.3, 0.4) is 0 Å². The maximum atomic E-state index is 13.1. The van der Waals surface area contributed by atoms with Crippen LogP contribution in [-0.2, 0) is 9.53 Å². The molecule has 0 aliphatic carbocycles. The average Bonchev–Trinajstić information content (AvgIpc) is 2.71. The highest BCUT2D eigenvalue weighted by Gasteiger charge is 2.28. The summed E-state index contributed by atoms with van der Waals surface area (Å²) in [5, 5.41) is 3.35. The van der Waals surface area contributed by atoms with Gasteiger partial charge in [-0.25, -0.2) is 4.79 Å². The minimum absolute atomic E-state index is 0.0267. The average molecular weight is 368 g/mol. The molecule has 0 aliphatic rings. The summed E-state index contributed by atoms with van der Waals surface area (Å²) in [5.74, 6) is 0.233. The Bertz CT molecular complexity index is 651. The predicted octanol–water partition coefficient (Wildman–Crippen LogP) is 6.38. The monoisotopic (exact) mass is 367 g/mol. The highest BCUT2D eigenvalue weighted by Crippen LogP contribution is 2.27. The van der Waals surface area contributed by atoms with Gasteiger partial charge < -0.3 is 10.1 Å². The molecule has 0 saturated carbocycles. The molecule has 3 heteroatoms. The molecule has 0 bridgehead atoms. The largest absolute Gasteiger partial charge is 0.460 e. The van der Waals surface area contributed by atoms with Gasteiger partial charge in [-0.05, 0) is 42.9 Å². The van der Waals surface area contributed by atoms with Gasteiger partial charge in [0.15, 0.2) is 6.04 Å². The van der Waals surface area contributed by atoms with Crippen molar-refractivity contribution < 1.29 is 9.53 Å². The molecule has 1 unspecified atom stereocenters. The number of ether oxygens (including phenoxy) is 1. The molecule has 0 heterocycles. The van der Waals surface area contributed by atoms with Crippen molar-refractivity contribution in [2.75, 3.05) is 5.32 Å². The van der Waals surface area contributed by atoms with E-state index in [1.54, 1.807) is 0 Å². The molecular weight excluding hydrogens is 334 g/mol. The van der Waals surface area contributed by atoms with E-state index in [-0.39, 0.29) is 12.1 Å². The lowest BCUT2D eigenvalue weighted by atomic mass is 9.91. The van der Waals surface area contributed by atoms with Crippen LogP contribution >= 0.6 is 0 Å². The van der Waals surface area contributed by atoms with Crippen LogP contribution in [0, 0.1) is 5.92 Å². The van der Waals surface area contributed by atoms with Crippen molar-refractivity contribution in [3.63, 3.8) is 0 Å². The second-order valence-corrected chi connectivity index (χ2v) is 7.08. The smallest absolute Gasteiger partial charge is 0.333 e. The first-order chi connectivity index (χ1) is 13.2. The molecule has 146 valence electrons. The van der Waals surface area contributed by atoms with Gasteiger partial charge in [-0.3, -0.25) is 0 Å². The highest BCUT2D eigenvalue weighted by molar-refractivity contribution is 5.81. The van der Waals surface area contributed by atoms with Gasteiger partial charge >= 0.3 is 5.97 Å². The lowest BCUT2D eigenvalue weighted by Gasteiger charge is -2.28. The maximum Gasteiger partial charge on any atom is 0.333 e. The quantitative estimate of drug-likeness (QED) is 0.468. The molecule has 2 aromatic carbocycles. The summed E-state index contributed by atoms with van der Waals surface area (Å²) in [6.45, 7) is 6.50. The number of hydrogen-bond acceptors (Lipinski definition) is 3. The minimum atomic E-state index is -0.508. The number of carbonyl (C=O) groups is 1. The zero-order valence-electron chi connectivity index (χ0n) is 16.9. The predicted molar refractivity (Wildman–Crippen MR) is 113 cm³/mol. The van der Waals surface area contributed by atoms with Crippen LogP contribution in [0.4, 0.5) is 5.69 Å². The Morgan fingerprint density at radius 1 is 0.889 bits per heavy atom. The Hall–Kier alpha value is -2.29. The Morgan fingerprint density at radius 3 is 1.96 bits per heavy atom. The molecule has 27 heavy (non-hydrogen) atoms. The Kier molecular flexibility index (Phi) is 8.90. The van der Waals surface area contributed by atoms with Crippen LogP contribution in [0.5, 0.6) is 0 Å². The maximum absolute atomic E-state index is 13.1. The second kappa shape index (κ2) is 11.4. The molecule has 0 aromatic heterocycles. The lowest BCUT2D eigenvalue weighted by Crippen LogP contribution is -2.31. The molecule has 0 radical (unpaired) electrons. The summed E-state index contributed by atoms with van der Waals surface area (Å²) in [6, 6.07) is 19.1. The Balaban J connectivity index is 2.19. The van der Waals surface area contributed by atoms with E-state index in [0.717, 1.165) is 43.4 Å². The highest BCUT2D eigenvalue weighted by atomic mass is 16.5. The van der Waals surface area contributed by atoms with Gasteiger partial charge in [-0.15, -0.1) is 0 Å². The Morgan fingerprint density at radius 2 is 1.44 bits per heavy atom. The fraction of sp³-hybridized carbons (Fsp3) is 0.458. The number of rotatable bonds is 11. The van der Waals surface area contributed by atoms with Crippen molar-refractivity contribution in [1.82, 2.24) is 0 Å². The normalized spacial score (nSPS) is 13.2. The zero-order valence-corrected chi connectivity index (χ0v) is 16.9. The van der Waals surface area contributed by atoms with Crippen molar-refractivity contribution in [2.45, 2.75) is 65.0 Å². The number of anilines is 1. The molecule has 2 atom stereocenters. The number of esters is 1. The first kappa shape index (κ1) is 21.0. The van der Waals surface area contributed by atoms with E-state index in [1.165, 1.54) is 0 Å². The van der Waals surface area contributed by atoms with Crippen molar-refractivity contribution in [1.29, 1.82) is 0 Å². The number of benzene rings is 2. The molecule has 0 saturated heterocycles. The molecule has 1 N–H and O–H groups in total. The molecule has 2 rings (SSSR count). The number of hydrogen-bond donors (Lipinski definition) is 1. The Labute approximate surface area is 164 Å². The van der Waals surface area contributed by atoms with Gasteiger partial charge in [0.25, 0.3) is 0 Å². The van der Waals surface area contributed by atoms with E-state index in [9.17, 15) is 4.79 Å². The topological polar surface area (TPSA) is 38.3 Å². The molecule has 0 fully saturated rings. The van der Waals surface area contributed by atoms with Crippen molar-refractivity contribution in [2.24, 2.45) is 5.92 Å². The second-order valence-electron chi connectivity index (χ2n) is 7.08. The van der Waals surface area contributed by atoms with E-state index < -0.39 is 6.04 Å². The molecule has 0 amide bonds. The van der Waals surface area contributed by atoms with Crippen LogP contribution in [0.2, 0.25) is 0 Å². The number of nitrogens with one attached hydrogen (secondary N) is 1. The van der Waals surface area contributed by atoms with E-state index in [2.05, 4.69) is 26.1 Å². The van der Waals surface area contributed by atoms with Crippen molar-refractivity contribution in [3.05, 3.63) is 66.2 Å². The SMILES string of the molecule is CCCC(CCC)[C@@H](CC)OC(=O)C(Nc1ccccc1)c1ccccc1. The van der Waals surface area contributed by atoms with Crippen LogP contribution in [-0.4, -0.2) is 12.1 Å². The van der Waals surface area contributed by atoms with Crippen LogP contribution in [0.15, 0.2) is 60.7 Å². The summed E-state index contributed by atoms with van der Waals surface area (Å²) >= 11 is 0. The first-order valence-corrected chi connectivity index (χ1v) is 10.3. The van der Waals surface area contributed by atoms with Crippen molar-refractivity contribution in [3.8, 4) is 0 Å². The van der Waals surface area contributed by atoms with Gasteiger partial charge in [0.05, 0.1) is 0 Å². The van der Waals surface area contributed by atoms with E-state index in [1.807, 2.05) is 60.7 Å². The van der Waals surface area contributed by atoms with E-state index >= 15 is 0 Å². The van der Waals surface area contributed by atoms with E-state index in [0.29, 0.717) is 5.92 Å². The molecule has 0 aliphatic heterocycles. The lowest BCUT2D eigenvalue weighted by molar-refractivity contribution is -0.153. The molecule has 3 nitrogen and oxygen atoms in total. The van der Waals surface area contributed by atoms with Gasteiger partial charge in [0.2, 0.25) is 0 Å². The van der Waals surface area contributed by atoms with Gasteiger partial charge in [-0.2, -0.15) is 0 Å².